The molecule has 0 aliphatic carbocycles. The van der Waals surface area contributed by atoms with Crippen LogP contribution in [0.4, 0.5) is 0 Å². The number of aryl methyl sites for hydroxylation is 1. The summed E-state index contributed by atoms with van der Waals surface area (Å²) in [6, 6.07) is 7.69. The molecule has 0 saturated carbocycles. The van der Waals surface area contributed by atoms with Crippen molar-refractivity contribution >= 4 is 22.7 Å². The van der Waals surface area contributed by atoms with Crippen LogP contribution in [0.5, 0.6) is 0 Å². The summed E-state index contributed by atoms with van der Waals surface area (Å²) >= 11 is 0. The van der Waals surface area contributed by atoms with Gasteiger partial charge in [0.1, 0.15) is 17.8 Å². The van der Waals surface area contributed by atoms with Crippen molar-refractivity contribution in [2.45, 2.75) is 19.3 Å². The molecule has 0 aliphatic heterocycles. The maximum Gasteiger partial charge on any atom is 0.313 e. The van der Waals surface area contributed by atoms with Crippen LogP contribution in [0.3, 0.4) is 0 Å². The highest BCUT2D eigenvalue weighted by Gasteiger charge is 2.09. The molecule has 0 atom stereocenters. The molecule has 1 aromatic carbocycles. The predicted octanol–water partition coefficient (Wildman–Crippen LogP) is 2.50. The van der Waals surface area contributed by atoms with E-state index in [1.54, 1.807) is 6.26 Å². The van der Waals surface area contributed by atoms with Crippen LogP contribution >= 0.6 is 0 Å². The molecule has 0 aliphatic rings. The van der Waals surface area contributed by atoms with Crippen molar-refractivity contribution in [3.05, 3.63) is 36.1 Å². The molecule has 0 unspecified atom stereocenters. The fourth-order valence-corrected chi connectivity index (χ4v) is 1.78. The summed E-state index contributed by atoms with van der Waals surface area (Å²) in [5.74, 6) is -0.584. The van der Waals surface area contributed by atoms with Crippen LogP contribution in [-0.4, -0.2) is 18.9 Å². The van der Waals surface area contributed by atoms with E-state index in [1.165, 1.54) is 7.11 Å². The van der Waals surface area contributed by atoms with E-state index in [1.807, 2.05) is 24.3 Å². The van der Waals surface area contributed by atoms with Gasteiger partial charge in [-0.2, -0.15) is 0 Å². The average molecular weight is 246 g/mol. The van der Waals surface area contributed by atoms with Crippen molar-refractivity contribution in [3.63, 3.8) is 0 Å². The van der Waals surface area contributed by atoms with Gasteiger partial charge >= 0.3 is 5.97 Å². The van der Waals surface area contributed by atoms with Gasteiger partial charge in [-0.15, -0.1) is 0 Å². The largest absolute Gasteiger partial charge is 0.469 e. The Hall–Kier alpha value is -2.10. The minimum Gasteiger partial charge on any atom is -0.469 e. The highest BCUT2D eigenvalue weighted by Crippen LogP contribution is 2.18. The number of Topliss-reactive ketones (excluding diaryl/α,β-unsaturated/α-hetero) is 1. The summed E-state index contributed by atoms with van der Waals surface area (Å²) in [4.78, 5) is 22.4. The Morgan fingerprint density at radius 1 is 1.28 bits per heavy atom. The number of carbonyl (C=O) groups is 2. The van der Waals surface area contributed by atoms with E-state index < -0.39 is 5.97 Å². The van der Waals surface area contributed by atoms with E-state index in [-0.39, 0.29) is 12.2 Å². The SMILES string of the molecule is COC(=O)CC(=O)CCc1ccc2occc2c1. The minimum atomic E-state index is -0.481. The van der Waals surface area contributed by atoms with Crippen LogP contribution in [-0.2, 0) is 20.7 Å². The molecule has 2 aromatic rings. The van der Waals surface area contributed by atoms with E-state index in [9.17, 15) is 9.59 Å². The van der Waals surface area contributed by atoms with Gasteiger partial charge in [0, 0.05) is 11.8 Å². The number of ketones is 1. The number of methoxy groups -OCH3 is 1. The second-order valence-corrected chi connectivity index (χ2v) is 4.08. The van der Waals surface area contributed by atoms with Gasteiger partial charge in [0.05, 0.1) is 13.4 Å². The summed E-state index contributed by atoms with van der Waals surface area (Å²) in [7, 11) is 1.28. The topological polar surface area (TPSA) is 56.5 Å². The van der Waals surface area contributed by atoms with Crippen LogP contribution in [0, 0.1) is 0 Å². The third kappa shape index (κ3) is 2.97. The van der Waals surface area contributed by atoms with Crippen molar-refractivity contribution in [2.75, 3.05) is 7.11 Å². The molecule has 4 heteroatoms. The third-order valence-electron chi connectivity index (χ3n) is 2.78. The Labute approximate surface area is 105 Å². The lowest BCUT2D eigenvalue weighted by Crippen LogP contribution is -2.09. The molecule has 0 spiro atoms. The molecule has 18 heavy (non-hydrogen) atoms. The van der Waals surface area contributed by atoms with Gasteiger partial charge in [0.2, 0.25) is 0 Å². The molecular weight excluding hydrogens is 232 g/mol. The maximum absolute atomic E-state index is 11.5. The van der Waals surface area contributed by atoms with E-state index >= 15 is 0 Å². The van der Waals surface area contributed by atoms with Crippen LogP contribution in [0.25, 0.3) is 11.0 Å². The van der Waals surface area contributed by atoms with E-state index in [4.69, 9.17) is 4.42 Å². The van der Waals surface area contributed by atoms with Crippen molar-refractivity contribution < 1.29 is 18.7 Å². The fraction of sp³-hybridized carbons (Fsp3) is 0.286. The van der Waals surface area contributed by atoms with E-state index in [2.05, 4.69) is 4.74 Å². The number of ether oxygens (including phenoxy) is 1. The Morgan fingerprint density at radius 3 is 2.89 bits per heavy atom. The molecule has 0 N–H and O–H groups in total. The summed E-state index contributed by atoms with van der Waals surface area (Å²) in [6.07, 6.45) is 2.46. The molecule has 2 rings (SSSR count). The molecule has 4 nitrogen and oxygen atoms in total. The zero-order chi connectivity index (χ0) is 13.0. The molecule has 1 aromatic heterocycles. The summed E-state index contributed by atoms with van der Waals surface area (Å²) in [5.41, 5.74) is 1.89. The number of rotatable bonds is 5. The van der Waals surface area contributed by atoms with Crippen molar-refractivity contribution in [2.24, 2.45) is 0 Å². The monoisotopic (exact) mass is 246 g/mol. The Balaban J connectivity index is 1.93. The summed E-state index contributed by atoms with van der Waals surface area (Å²) in [6.45, 7) is 0. The molecule has 0 bridgehead atoms. The summed E-state index contributed by atoms with van der Waals surface area (Å²) < 4.78 is 9.69. The second kappa shape index (κ2) is 5.49. The Morgan fingerprint density at radius 2 is 2.11 bits per heavy atom. The highest BCUT2D eigenvalue weighted by atomic mass is 16.5. The fourth-order valence-electron chi connectivity index (χ4n) is 1.78. The van der Waals surface area contributed by atoms with Gasteiger partial charge in [-0.1, -0.05) is 6.07 Å². The van der Waals surface area contributed by atoms with Crippen molar-refractivity contribution in [1.29, 1.82) is 0 Å². The predicted molar refractivity (Wildman–Crippen MR) is 66.2 cm³/mol. The van der Waals surface area contributed by atoms with Crippen molar-refractivity contribution in [1.82, 2.24) is 0 Å². The number of benzene rings is 1. The molecule has 0 radical (unpaired) electrons. The van der Waals surface area contributed by atoms with Gasteiger partial charge < -0.3 is 9.15 Å². The minimum absolute atomic E-state index is 0.103. The first-order chi connectivity index (χ1) is 8.69. The quantitative estimate of drug-likeness (QED) is 0.600. The van der Waals surface area contributed by atoms with Crippen LogP contribution in [0.2, 0.25) is 0 Å². The Bertz CT molecular complexity index is 568. The number of carbonyl (C=O) groups excluding carboxylic acids is 2. The number of esters is 1. The maximum atomic E-state index is 11.5. The van der Waals surface area contributed by atoms with Gasteiger partial charge in [-0.25, -0.2) is 0 Å². The van der Waals surface area contributed by atoms with E-state index in [0.717, 1.165) is 16.5 Å². The standard InChI is InChI=1S/C14H14O4/c1-17-14(16)9-12(15)4-2-10-3-5-13-11(8-10)6-7-18-13/h3,5-8H,2,4,9H2,1H3. The lowest BCUT2D eigenvalue weighted by molar-refractivity contribution is -0.143. The molecule has 94 valence electrons. The smallest absolute Gasteiger partial charge is 0.313 e. The van der Waals surface area contributed by atoms with Gasteiger partial charge in [0.15, 0.2) is 0 Å². The van der Waals surface area contributed by atoms with Crippen LogP contribution in [0.1, 0.15) is 18.4 Å². The number of furan rings is 1. The lowest BCUT2D eigenvalue weighted by atomic mass is 10.0. The van der Waals surface area contributed by atoms with Gasteiger partial charge in [-0.05, 0) is 30.2 Å². The third-order valence-corrected chi connectivity index (χ3v) is 2.78. The van der Waals surface area contributed by atoms with E-state index in [0.29, 0.717) is 12.8 Å². The average Bonchev–Trinajstić information content (AvgIpc) is 2.83. The molecular formula is C14H14O4. The van der Waals surface area contributed by atoms with Crippen LogP contribution in [0.15, 0.2) is 34.9 Å². The first kappa shape index (κ1) is 12.4. The highest BCUT2D eigenvalue weighted by molar-refractivity contribution is 5.95. The van der Waals surface area contributed by atoms with Crippen molar-refractivity contribution in [3.8, 4) is 0 Å². The summed E-state index contributed by atoms with van der Waals surface area (Å²) in [5, 5.41) is 1.02. The molecule has 0 amide bonds. The first-order valence-corrected chi connectivity index (χ1v) is 5.73. The lowest BCUT2D eigenvalue weighted by Gasteiger charge is -2.01. The van der Waals surface area contributed by atoms with Gasteiger partial charge in [-0.3, -0.25) is 9.59 Å². The molecule has 0 fully saturated rings. The van der Waals surface area contributed by atoms with Gasteiger partial charge in [0.25, 0.3) is 0 Å². The number of hydrogen-bond acceptors (Lipinski definition) is 4. The molecule has 0 saturated heterocycles. The Kier molecular flexibility index (Phi) is 3.77. The zero-order valence-corrected chi connectivity index (χ0v) is 10.1. The number of hydrogen-bond donors (Lipinski definition) is 0. The second-order valence-electron chi connectivity index (χ2n) is 4.08. The number of fused-ring (bicyclic) bond motifs is 1. The normalized spacial score (nSPS) is 10.5. The first-order valence-electron chi connectivity index (χ1n) is 5.73. The zero-order valence-electron chi connectivity index (χ0n) is 10.1. The van der Waals surface area contributed by atoms with Crippen LogP contribution < -0.4 is 0 Å². The molecule has 1 heterocycles.